The van der Waals surface area contributed by atoms with Crippen molar-refractivity contribution in [3.8, 4) is 11.1 Å². The van der Waals surface area contributed by atoms with Crippen LogP contribution in [-0.2, 0) is 0 Å². The lowest BCUT2D eigenvalue weighted by Gasteiger charge is -2.04. The quantitative estimate of drug-likeness (QED) is 0.320. The number of allylic oxidation sites excluding steroid dienone is 1. The van der Waals surface area contributed by atoms with E-state index in [2.05, 4.69) is 6.58 Å². The molecule has 1 aliphatic rings. The van der Waals surface area contributed by atoms with Crippen molar-refractivity contribution in [1.29, 1.82) is 0 Å². The molecule has 3 nitrogen and oxygen atoms in total. The number of carbonyl (C=O) groups excluding carboxylic acids is 1. The summed E-state index contributed by atoms with van der Waals surface area (Å²) in [6, 6.07) is 15.6. The average molecular weight is 376 g/mol. The number of rotatable bonds is 2. The number of para-hydroxylation sites is 1. The van der Waals surface area contributed by atoms with Crippen LogP contribution >= 0.6 is 0 Å². The zero-order valence-corrected chi connectivity index (χ0v) is 15.8. The Morgan fingerprint density at radius 1 is 0.862 bits per heavy atom. The predicted octanol–water partition coefficient (Wildman–Crippen LogP) is 7.22. The average Bonchev–Trinajstić information content (AvgIpc) is 3.37. The van der Waals surface area contributed by atoms with Crippen molar-refractivity contribution in [2.45, 2.75) is 6.92 Å². The van der Waals surface area contributed by atoms with E-state index in [9.17, 15) is 4.79 Å². The third-order valence-corrected chi connectivity index (χ3v) is 5.73. The first-order chi connectivity index (χ1) is 14.2. The Hall–Kier alpha value is -3.85. The maximum Gasteiger partial charge on any atom is 0.194 e. The first-order valence-electron chi connectivity index (χ1n) is 9.57. The van der Waals surface area contributed by atoms with Gasteiger partial charge in [0.2, 0.25) is 0 Å². The van der Waals surface area contributed by atoms with Gasteiger partial charge >= 0.3 is 0 Å². The van der Waals surface area contributed by atoms with Gasteiger partial charge in [-0.1, -0.05) is 36.9 Å². The molecule has 0 fully saturated rings. The highest BCUT2D eigenvalue weighted by molar-refractivity contribution is 6.31. The Labute approximate surface area is 166 Å². The van der Waals surface area contributed by atoms with Crippen LogP contribution in [0, 0.1) is 0 Å². The number of ketones is 1. The third-order valence-electron chi connectivity index (χ3n) is 5.73. The molecule has 5 aromatic rings. The molecule has 2 heterocycles. The molecule has 3 aromatic carbocycles. The van der Waals surface area contributed by atoms with Gasteiger partial charge < -0.3 is 8.83 Å². The highest BCUT2D eigenvalue weighted by Crippen LogP contribution is 2.49. The number of hydrogen-bond donors (Lipinski definition) is 0. The summed E-state index contributed by atoms with van der Waals surface area (Å²) in [5, 5.41) is 2.96. The second-order valence-corrected chi connectivity index (χ2v) is 7.24. The molecule has 6 rings (SSSR count). The molecule has 0 unspecified atom stereocenters. The lowest BCUT2D eigenvalue weighted by Crippen LogP contribution is -1.94. The Bertz CT molecular complexity index is 1540. The highest BCUT2D eigenvalue weighted by atomic mass is 16.3. The van der Waals surface area contributed by atoms with Crippen molar-refractivity contribution in [2.75, 3.05) is 0 Å². The monoisotopic (exact) mass is 376 g/mol. The normalized spacial score (nSPS) is 13.1. The fourth-order valence-corrected chi connectivity index (χ4v) is 4.53. The van der Waals surface area contributed by atoms with E-state index in [1.807, 2.05) is 67.6 Å². The van der Waals surface area contributed by atoms with Crippen molar-refractivity contribution in [2.24, 2.45) is 0 Å². The van der Waals surface area contributed by atoms with E-state index in [1.165, 1.54) is 0 Å². The Kier molecular flexibility index (Phi) is 3.11. The maximum atomic E-state index is 13.2. The van der Waals surface area contributed by atoms with E-state index in [1.54, 1.807) is 6.08 Å². The van der Waals surface area contributed by atoms with Gasteiger partial charge in [0.25, 0.3) is 0 Å². The zero-order chi connectivity index (χ0) is 19.7. The van der Waals surface area contributed by atoms with Crippen molar-refractivity contribution < 1.29 is 13.6 Å². The van der Waals surface area contributed by atoms with Crippen molar-refractivity contribution in [3.05, 3.63) is 83.6 Å². The molecule has 0 radical (unpaired) electrons. The largest absolute Gasteiger partial charge is 0.456 e. The summed E-state index contributed by atoms with van der Waals surface area (Å²) < 4.78 is 12.3. The topological polar surface area (TPSA) is 43.4 Å². The van der Waals surface area contributed by atoms with Gasteiger partial charge in [-0.15, -0.1) is 0 Å². The standard InChI is InChI=1S/C26H16O3/c1-3-7-19-14(4-2)22-21(28-19)13-12-17-23(22)24-18(25(17)27)11-10-16-15-8-5-6-9-20(15)29-26(16)24/h3-13H,2H2,1H3/b7-3-. The minimum atomic E-state index is 0.0167. The van der Waals surface area contributed by atoms with Gasteiger partial charge in [0.1, 0.15) is 22.5 Å². The molecule has 0 amide bonds. The van der Waals surface area contributed by atoms with Gasteiger partial charge in [0.15, 0.2) is 5.78 Å². The summed E-state index contributed by atoms with van der Waals surface area (Å²) in [5.74, 6) is 0.756. The number of benzene rings is 3. The highest BCUT2D eigenvalue weighted by Gasteiger charge is 2.33. The third kappa shape index (κ3) is 1.94. The maximum absolute atomic E-state index is 13.2. The molecular formula is C26H16O3. The van der Waals surface area contributed by atoms with Crippen molar-refractivity contribution >= 4 is 50.8 Å². The van der Waals surface area contributed by atoms with E-state index in [0.29, 0.717) is 11.1 Å². The molecule has 0 bridgehead atoms. The summed E-state index contributed by atoms with van der Waals surface area (Å²) >= 11 is 0. The van der Waals surface area contributed by atoms with Crippen LogP contribution in [0.1, 0.15) is 34.2 Å². The minimum Gasteiger partial charge on any atom is -0.456 e. The number of fused-ring (bicyclic) bond motifs is 9. The molecule has 0 saturated carbocycles. The fraction of sp³-hybridized carbons (Fsp3) is 0.0385. The summed E-state index contributed by atoms with van der Waals surface area (Å²) in [5.41, 5.74) is 6.26. The van der Waals surface area contributed by atoms with Gasteiger partial charge in [0.05, 0.1) is 0 Å². The van der Waals surface area contributed by atoms with Crippen LogP contribution in [0.15, 0.2) is 70.0 Å². The van der Waals surface area contributed by atoms with Crippen LogP contribution in [0.25, 0.3) is 56.2 Å². The predicted molar refractivity (Wildman–Crippen MR) is 117 cm³/mol. The van der Waals surface area contributed by atoms with Crippen LogP contribution in [0.3, 0.4) is 0 Å². The number of carbonyl (C=O) groups is 1. The van der Waals surface area contributed by atoms with Crippen molar-refractivity contribution in [1.82, 2.24) is 0 Å². The SMILES string of the molecule is C=Cc1c(/C=C\C)oc2ccc3c(c12)-c1c(ccc2c1oc1ccccc12)C3=O. The molecule has 0 saturated heterocycles. The smallest absolute Gasteiger partial charge is 0.194 e. The molecule has 0 spiro atoms. The molecule has 0 aliphatic heterocycles. The second kappa shape index (κ2) is 5.58. The van der Waals surface area contributed by atoms with Crippen molar-refractivity contribution in [3.63, 3.8) is 0 Å². The van der Waals surface area contributed by atoms with E-state index < -0.39 is 0 Å². The van der Waals surface area contributed by atoms with E-state index in [-0.39, 0.29) is 5.78 Å². The molecule has 0 N–H and O–H groups in total. The van der Waals surface area contributed by atoms with E-state index >= 15 is 0 Å². The van der Waals surface area contributed by atoms with Gasteiger partial charge in [0, 0.05) is 44.0 Å². The first kappa shape index (κ1) is 16.1. The van der Waals surface area contributed by atoms with Crippen LogP contribution in [0.5, 0.6) is 0 Å². The molecule has 2 aromatic heterocycles. The molecule has 138 valence electrons. The zero-order valence-electron chi connectivity index (χ0n) is 15.8. The van der Waals surface area contributed by atoms with Gasteiger partial charge in [-0.2, -0.15) is 0 Å². The van der Waals surface area contributed by atoms with Crippen LogP contribution in [0.2, 0.25) is 0 Å². The Balaban J connectivity index is 1.84. The lowest BCUT2D eigenvalue weighted by atomic mass is 9.96. The van der Waals surface area contributed by atoms with E-state index in [0.717, 1.165) is 55.4 Å². The number of hydrogen-bond acceptors (Lipinski definition) is 3. The summed E-state index contributed by atoms with van der Waals surface area (Å²) in [6.07, 6.45) is 5.65. The summed E-state index contributed by atoms with van der Waals surface area (Å²) in [6.45, 7) is 5.94. The molecule has 3 heteroatoms. The second-order valence-electron chi connectivity index (χ2n) is 7.24. The van der Waals surface area contributed by atoms with Gasteiger partial charge in [-0.25, -0.2) is 0 Å². The Morgan fingerprint density at radius 3 is 2.48 bits per heavy atom. The first-order valence-corrected chi connectivity index (χ1v) is 9.57. The summed E-state index contributed by atoms with van der Waals surface area (Å²) in [7, 11) is 0. The molecule has 0 atom stereocenters. The fourth-order valence-electron chi connectivity index (χ4n) is 4.53. The molecular weight excluding hydrogens is 360 g/mol. The molecule has 29 heavy (non-hydrogen) atoms. The molecule has 1 aliphatic carbocycles. The van der Waals surface area contributed by atoms with Gasteiger partial charge in [-0.3, -0.25) is 4.79 Å². The number of furan rings is 2. The Morgan fingerprint density at radius 2 is 1.66 bits per heavy atom. The van der Waals surface area contributed by atoms with Crippen LogP contribution in [0.4, 0.5) is 0 Å². The van der Waals surface area contributed by atoms with Crippen LogP contribution in [-0.4, -0.2) is 5.78 Å². The summed E-state index contributed by atoms with van der Waals surface area (Å²) in [4.78, 5) is 13.2. The lowest BCUT2D eigenvalue weighted by molar-refractivity contribution is 0.104. The van der Waals surface area contributed by atoms with Gasteiger partial charge in [-0.05, 0) is 43.3 Å². The minimum absolute atomic E-state index is 0.0167. The van der Waals surface area contributed by atoms with Crippen LogP contribution < -0.4 is 0 Å². The van der Waals surface area contributed by atoms with E-state index in [4.69, 9.17) is 8.83 Å².